The zero-order chi connectivity index (χ0) is 15.8. The van der Waals surface area contributed by atoms with E-state index in [1.807, 2.05) is 0 Å². The van der Waals surface area contributed by atoms with Gasteiger partial charge in [-0.15, -0.1) is 0 Å². The highest BCUT2D eigenvalue weighted by molar-refractivity contribution is 9.11. The highest BCUT2D eigenvalue weighted by Crippen LogP contribution is 2.38. The average Bonchev–Trinajstić information content (AvgIpc) is 2.37. The lowest BCUT2D eigenvalue weighted by atomic mass is 9.76. The maximum absolute atomic E-state index is 12.8. The van der Waals surface area contributed by atoms with Gasteiger partial charge >= 0.3 is 0 Å². The molecule has 0 aliphatic heterocycles. The second-order valence-electron chi connectivity index (χ2n) is 6.49. The lowest BCUT2D eigenvalue weighted by molar-refractivity contribution is 0.174. The molecule has 0 aromatic heterocycles. The van der Waals surface area contributed by atoms with E-state index in [0.717, 1.165) is 30.2 Å². The summed E-state index contributed by atoms with van der Waals surface area (Å²) >= 11 is 6.71. The normalized spacial score (nSPS) is 19.9. The number of hydrogen-bond acceptors (Lipinski definition) is 2. The summed E-state index contributed by atoms with van der Waals surface area (Å²) in [6.07, 6.45) is 3.99. The van der Waals surface area contributed by atoms with Crippen LogP contribution in [-0.4, -0.2) is 25.8 Å². The Balaban J connectivity index is 2.23. The van der Waals surface area contributed by atoms with Gasteiger partial charge in [0.2, 0.25) is 10.0 Å². The number of halogens is 2. The second-order valence-corrected chi connectivity index (χ2v) is 10.2. The van der Waals surface area contributed by atoms with Gasteiger partial charge in [-0.25, -0.2) is 8.42 Å². The van der Waals surface area contributed by atoms with Crippen molar-refractivity contribution < 1.29 is 8.42 Å². The summed E-state index contributed by atoms with van der Waals surface area (Å²) in [5.74, 6) is 0. The summed E-state index contributed by atoms with van der Waals surface area (Å²) in [6, 6.07) is 5.27. The number of rotatable bonds is 3. The molecule has 0 amide bonds. The van der Waals surface area contributed by atoms with E-state index < -0.39 is 10.0 Å². The molecule has 6 heteroatoms. The van der Waals surface area contributed by atoms with Gasteiger partial charge in [0.25, 0.3) is 0 Å². The Bertz CT molecular complexity index is 619. The zero-order valence-corrected chi connectivity index (χ0v) is 16.6. The first-order valence-corrected chi connectivity index (χ1v) is 10.1. The number of nitrogens with zero attached hydrogens (tertiary/aromatic N) is 1. The molecule has 1 aliphatic carbocycles. The van der Waals surface area contributed by atoms with Gasteiger partial charge in [0.15, 0.2) is 0 Å². The van der Waals surface area contributed by atoms with Crippen molar-refractivity contribution in [1.29, 1.82) is 0 Å². The lowest BCUT2D eigenvalue weighted by Gasteiger charge is -2.38. The van der Waals surface area contributed by atoms with E-state index in [9.17, 15) is 8.42 Å². The van der Waals surface area contributed by atoms with E-state index in [1.165, 1.54) is 0 Å². The Hall–Kier alpha value is 0.0900. The molecule has 0 atom stereocenters. The van der Waals surface area contributed by atoms with Gasteiger partial charge in [-0.05, 0) is 65.2 Å². The molecule has 0 bridgehead atoms. The molecule has 1 saturated carbocycles. The molecule has 0 N–H and O–H groups in total. The molecular weight excluding hydrogens is 418 g/mol. The predicted octanol–water partition coefficient (Wildman–Crippen LogP) is 4.80. The topological polar surface area (TPSA) is 37.4 Å². The Morgan fingerprint density at radius 2 is 1.76 bits per heavy atom. The van der Waals surface area contributed by atoms with Crippen LogP contribution in [0.25, 0.3) is 0 Å². The molecule has 21 heavy (non-hydrogen) atoms. The molecule has 0 radical (unpaired) electrons. The van der Waals surface area contributed by atoms with E-state index in [1.54, 1.807) is 29.6 Å². The van der Waals surface area contributed by atoms with Crippen LogP contribution in [0.15, 0.2) is 32.0 Å². The minimum Gasteiger partial charge on any atom is -0.207 e. The maximum atomic E-state index is 12.8. The van der Waals surface area contributed by atoms with Crippen molar-refractivity contribution in [1.82, 2.24) is 4.31 Å². The van der Waals surface area contributed by atoms with E-state index in [2.05, 4.69) is 45.7 Å². The van der Waals surface area contributed by atoms with Crippen molar-refractivity contribution in [3.63, 3.8) is 0 Å². The molecule has 1 aliphatic rings. The Morgan fingerprint density at radius 3 is 2.29 bits per heavy atom. The fourth-order valence-electron chi connectivity index (χ4n) is 2.78. The average molecular weight is 439 g/mol. The predicted molar refractivity (Wildman–Crippen MR) is 92.8 cm³/mol. The molecule has 1 aromatic carbocycles. The Morgan fingerprint density at radius 1 is 1.19 bits per heavy atom. The lowest BCUT2D eigenvalue weighted by Crippen LogP contribution is -2.40. The Labute approximate surface area is 144 Å². The molecule has 0 spiro atoms. The van der Waals surface area contributed by atoms with Crippen LogP contribution in [0.4, 0.5) is 0 Å². The third kappa shape index (κ3) is 3.89. The fourth-order valence-corrected chi connectivity index (χ4v) is 5.90. The van der Waals surface area contributed by atoms with Crippen LogP contribution < -0.4 is 0 Å². The van der Waals surface area contributed by atoms with Gasteiger partial charge in [0.05, 0.1) is 4.90 Å². The van der Waals surface area contributed by atoms with Crippen LogP contribution in [0.2, 0.25) is 0 Å². The van der Waals surface area contributed by atoms with E-state index in [-0.39, 0.29) is 6.04 Å². The summed E-state index contributed by atoms with van der Waals surface area (Å²) < 4.78 is 28.6. The standard InChI is InChI=1S/C15H21Br2NO2S/c1-15(2)8-6-12(7-9-15)18(3)21(19,20)14-5-4-11(16)10-13(14)17/h4-5,10,12H,6-9H2,1-3H3. The summed E-state index contributed by atoms with van der Waals surface area (Å²) in [4.78, 5) is 0.332. The molecule has 0 unspecified atom stereocenters. The van der Waals surface area contributed by atoms with Crippen LogP contribution >= 0.6 is 31.9 Å². The molecule has 2 rings (SSSR count). The number of sulfonamides is 1. The smallest absolute Gasteiger partial charge is 0.207 e. The first-order valence-electron chi connectivity index (χ1n) is 7.07. The maximum Gasteiger partial charge on any atom is 0.244 e. The minimum atomic E-state index is -3.46. The van der Waals surface area contributed by atoms with Crippen molar-refractivity contribution in [2.45, 2.75) is 50.5 Å². The highest BCUT2D eigenvalue weighted by atomic mass is 79.9. The van der Waals surface area contributed by atoms with E-state index in [0.29, 0.717) is 14.8 Å². The third-order valence-electron chi connectivity index (χ3n) is 4.37. The summed E-state index contributed by atoms with van der Waals surface area (Å²) in [6.45, 7) is 4.51. The van der Waals surface area contributed by atoms with Gasteiger partial charge in [0.1, 0.15) is 0 Å². The van der Waals surface area contributed by atoms with Gasteiger partial charge in [-0.2, -0.15) is 4.31 Å². The second kappa shape index (κ2) is 6.30. The van der Waals surface area contributed by atoms with Crippen molar-refractivity contribution in [2.75, 3.05) is 7.05 Å². The summed E-state index contributed by atoms with van der Waals surface area (Å²) in [5.41, 5.74) is 0.333. The summed E-state index contributed by atoms with van der Waals surface area (Å²) in [5, 5.41) is 0. The largest absolute Gasteiger partial charge is 0.244 e. The van der Waals surface area contributed by atoms with Crippen LogP contribution in [0.5, 0.6) is 0 Å². The minimum absolute atomic E-state index is 0.0959. The third-order valence-corrected chi connectivity index (χ3v) is 7.75. The van der Waals surface area contributed by atoms with Crippen molar-refractivity contribution in [2.24, 2.45) is 5.41 Å². The number of benzene rings is 1. The number of hydrogen-bond donors (Lipinski definition) is 0. The monoisotopic (exact) mass is 437 g/mol. The first kappa shape index (κ1) is 17.4. The zero-order valence-electron chi connectivity index (χ0n) is 12.6. The fraction of sp³-hybridized carbons (Fsp3) is 0.600. The molecule has 0 saturated heterocycles. The van der Waals surface area contributed by atoms with Crippen molar-refractivity contribution in [3.8, 4) is 0 Å². The van der Waals surface area contributed by atoms with E-state index in [4.69, 9.17) is 0 Å². The molecule has 1 aromatic rings. The molecule has 3 nitrogen and oxygen atoms in total. The van der Waals surface area contributed by atoms with E-state index >= 15 is 0 Å². The first-order chi connectivity index (χ1) is 9.63. The van der Waals surface area contributed by atoms with Gasteiger partial charge in [-0.3, -0.25) is 0 Å². The summed E-state index contributed by atoms with van der Waals surface area (Å²) in [7, 11) is -1.76. The van der Waals surface area contributed by atoms with Gasteiger partial charge in [-0.1, -0.05) is 29.8 Å². The van der Waals surface area contributed by atoms with Gasteiger partial charge < -0.3 is 0 Å². The van der Waals surface area contributed by atoms with Crippen molar-refractivity contribution in [3.05, 3.63) is 27.1 Å². The molecule has 118 valence electrons. The van der Waals surface area contributed by atoms with Crippen LogP contribution in [-0.2, 0) is 10.0 Å². The van der Waals surface area contributed by atoms with Crippen molar-refractivity contribution >= 4 is 41.9 Å². The highest BCUT2D eigenvalue weighted by Gasteiger charge is 2.34. The van der Waals surface area contributed by atoms with Crippen LogP contribution in [0.3, 0.4) is 0 Å². The molecule has 0 heterocycles. The quantitative estimate of drug-likeness (QED) is 0.679. The molecule has 1 fully saturated rings. The Kier molecular flexibility index (Phi) is 5.23. The SMILES string of the molecule is CN(C1CCC(C)(C)CC1)S(=O)(=O)c1ccc(Br)cc1Br. The van der Waals surface area contributed by atoms with Crippen LogP contribution in [0, 0.1) is 5.41 Å². The van der Waals surface area contributed by atoms with Crippen LogP contribution in [0.1, 0.15) is 39.5 Å². The van der Waals surface area contributed by atoms with Gasteiger partial charge in [0, 0.05) is 22.0 Å². The molecular formula is C15H21Br2NO2S.